The van der Waals surface area contributed by atoms with E-state index in [1.165, 1.54) is 0 Å². The third kappa shape index (κ3) is 7.36. The second-order valence-electron chi connectivity index (χ2n) is 8.55. The Balaban J connectivity index is 1.39. The molecule has 0 aliphatic carbocycles. The molecule has 1 amide bonds. The van der Waals surface area contributed by atoms with Crippen LogP contribution in [0.3, 0.4) is 0 Å². The molecule has 0 saturated carbocycles. The minimum absolute atomic E-state index is 0.0312. The first-order valence-corrected chi connectivity index (χ1v) is 11.9. The van der Waals surface area contributed by atoms with Gasteiger partial charge in [-0.05, 0) is 16.7 Å². The van der Waals surface area contributed by atoms with Crippen LogP contribution in [0.1, 0.15) is 16.7 Å². The first-order valence-electron chi connectivity index (χ1n) is 11.9. The van der Waals surface area contributed by atoms with Crippen LogP contribution in [0.15, 0.2) is 91.0 Å². The lowest BCUT2D eigenvalue weighted by atomic mass is 9.96. The summed E-state index contributed by atoms with van der Waals surface area (Å²) in [5.41, 5.74) is 2.68. The highest BCUT2D eigenvalue weighted by atomic mass is 16.6. The predicted octanol–water partition coefficient (Wildman–Crippen LogP) is 3.16. The van der Waals surface area contributed by atoms with Gasteiger partial charge in [0.2, 0.25) is 0 Å². The van der Waals surface area contributed by atoms with Crippen LogP contribution >= 0.6 is 0 Å². The van der Waals surface area contributed by atoms with E-state index in [0.717, 1.165) is 16.7 Å². The van der Waals surface area contributed by atoms with Gasteiger partial charge in [-0.25, -0.2) is 4.79 Å². The molecule has 36 heavy (non-hydrogen) atoms. The van der Waals surface area contributed by atoms with Crippen LogP contribution in [-0.4, -0.2) is 53.6 Å². The van der Waals surface area contributed by atoms with Gasteiger partial charge in [0, 0.05) is 0 Å². The van der Waals surface area contributed by atoms with Crippen molar-refractivity contribution < 1.29 is 34.0 Å². The molecule has 1 aliphatic rings. The summed E-state index contributed by atoms with van der Waals surface area (Å²) in [6.07, 6.45) is -5.20. The lowest BCUT2D eigenvalue weighted by molar-refractivity contribution is -0.266. The molecule has 1 heterocycles. The first kappa shape index (κ1) is 25.8. The average Bonchev–Trinajstić information content (AvgIpc) is 2.91. The molecule has 4 rings (SSSR count). The molecule has 0 unspecified atom stereocenters. The molecule has 0 aromatic heterocycles. The van der Waals surface area contributed by atoms with Crippen molar-refractivity contribution in [1.82, 2.24) is 5.32 Å². The SMILES string of the molecule is O=C(N[C@@H]1[C@@H](OCc2ccccc2)[C@H](O)[C@@H](COCc2ccccc2)O[C@H]1O)OCc1ccccc1. The van der Waals surface area contributed by atoms with E-state index in [1.807, 2.05) is 91.0 Å². The van der Waals surface area contributed by atoms with Gasteiger partial charge in [-0.1, -0.05) is 91.0 Å². The number of amides is 1. The Morgan fingerprint density at radius 1 is 0.778 bits per heavy atom. The molecular weight excluding hydrogens is 462 g/mol. The van der Waals surface area contributed by atoms with Crippen LogP contribution in [0.25, 0.3) is 0 Å². The minimum Gasteiger partial charge on any atom is -0.445 e. The molecule has 0 spiro atoms. The smallest absolute Gasteiger partial charge is 0.407 e. The van der Waals surface area contributed by atoms with Gasteiger partial charge in [0.1, 0.15) is 31.0 Å². The fourth-order valence-electron chi connectivity index (χ4n) is 3.96. The molecule has 190 valence electrons. The summed E-state index contributed by atoms with van der Waals surface area (Å²) < 4.78 is 22.6. The van der Waals surface area contributed by atoms with Gasteiger partial charge >= 0.3 is 6.09 Å². The van der Waals surface area contributed by atoms with E-state index in [1.54, 1.807) is 0 Å². The molecule has 5 atom stereocenters. The van der Waals surface area contributed by atoms with Crippen LogP contribution in [0, 0.1) is 0 Å². The van der Waals surface area contributed by atoms with Gasteiger partial charge in [0.15, 0.2) is 6.29 Å². The Hall–Kier alpha value is -3.27. The molecule has 1 saturated heterocycles. The van der Waals surface area contributed by atoms with Crippen molar-refractivity contribution in [2.75, 3.05) is 6.61 Å². The molecule has 1 fully saturated rings. The predicted molar refractivity (Wildman–Crippen MR) is 132 cm³/mol. The fraction of sp³-hybridized carbons (Fsp3) is 0.321. The largest absolute Gasteiger partial charge is 0.445 e. The topological polar surface area (TPSA) is 106 Å². The Bertz CT molecular complexity index is 1050. The number of hydrogen-bond acceptors (Lipinski definition) is 7. The molecular formula is C28H31NO7. The van der Waals surface area contributed by atoms with E-state index in [0.29, 0.717) is 6.61 Å². The van der Waals surface area contributed by atoms with Gasteiger partial charge in [-0.2, -0.15) is 0 Å². The molecule has 3 aromatic rings. The number of rotatable bonds is 10. The summed E-state index contributed by atoms with van der Waals surface area (Å²) >= 11 is 0. The quantitative estimate of drug-likeness (QED) is 0.398. The second-order valence-corrected chi connectivity index (χ2v) is 8.55. The zero-order chi connectivity index (χ0) is 25.2. The lowest BCUT2D eigenvalue weighted by Gasteiger charge is -2.42. The molecule has 0 bridgehead atoms. The van der Waals surface area contributed by atoms with Crippen LogP contribution < -0.4 is 5.32 Å². The van der Waals surface area contributed by atoms with Gasteiger partial charge in [-0.3, -0.25) is 0 Å². The Kier molecular flexibility index (Phi) is 9.43. The minimum atomic E-state index is -1.44. The van der Waals surface area contributed by atoms with Crippen molar-refractivity contribution in [3.05, 3.63) is 108 Å². The second kappa shape index (κ2) is 13.2. The molecule has 8 heteroatoms. The number of benzene rings is 3. The van der Waals surface area contributed by atoms with Gasteiger partial charge < -0.3 is 34.5 Å². The summed E-state index contributed by atoms with van der Waals surface area (Å²) in [7, 11) is 0. The zero-order valence-corrected chi connectivity index (χ0v) is 19.8. The highest BCUT2D eigenvalue weighted by molar-refractivity contribution is 5.67. The Morgan fingerprint density at radius 2 is 1.31 bits per heavy atom. The average molecular weight is 494 g/mol. The van der Waals surface area contributed by atoms with E-state index < -0.39 is 36.7 Å². The van der Waals surface area contributed by atoms with Crippen molar-refractivity contribution in [2.45, 2.75) is 50.5 Å². The maximum Gasteiger partial charge on any atom is 0.407 e. The van der Waals surface area contributed by atoms with Crippen molar-refractivity contribution >= 4 is 6.09 Å². The van der Waals surface area contributed by atoms with Crippen LogP contribution in [0.4, 0.5) is 4.79 Å². The first-order chi connectivity index (χ1) is 17.6. The van der Waals surface area contributed by atoms with E-state index >= 15 is 0 Å². The highest BCUT2D eigenvalue weighted by Gasteiger charge is 2.46. The standard InChI is InChI=1S/C28H31NO7/c30-25-23(19-33-16-20-10-4-1-5-11-20)36-27(31)24(26(25)34-17-21-12-6-2-7-13-21)29-28(32)35-18-22-14-8-3-9-15-22/h1-15,23-27,30-31H,16-19H2,(H,29,32)/t23-,24-,25-,26-,27-/m1/s1. The van der Waals surface area contributed by atoms with Crippen molar-refractivity contribution in [3.63, 3.8) is 0 Å². The molecule has 3 aromatic carbocycles. The van der Waals surface area contributed by atoms with E-state index in [-0.39, 0.29) is 19.8 Å². The monoisotopic (exact) mass is 493 g/mol. The third-order valence-electron chi connectivity index (χ3n) is 5.87. The summed E-state index contributed by atoms with van der Waals surface area (Å²) in [6, 6.07) is 27.2. The van der Waals surface area contributed by atoms with Gasteiger partial charge in [0.25, 0.3) is 0 Å². The number of aliphatic hydroxyl groups excluding tert-OH is 2. The number of nitrogens with one attached hydrogen (secondary N) is 1. The third-order valence-corrected chi connectivity index (χ3v) is 5.87. The number of alkyl carbamates (subject to hydrolysis) is 1. The summed E-state index contributed by atoms with van der Waals surface area (Å²) in [5, 5.41) is 24.4. The van der Waals surface area contributed by atoms with Crippen molar-refractivity contribution in [1.29, 1.82) is 0 Å². The van der Waals surface area contributed by atoms with Crippen LogP contribution in [-0.2, 0) is 38.8 Å². The number of ether oxygens (including phenoxy) is 4. The molecule has 0 radical (unpaired) electrons. The summed E-state index contributed by atoms with van der Waals surface area (Å²) in [5.74, 6) is 0. The number of carbonyl (C=O) groups is 1. The van der Waals surface area contributed by atoms with Crippen molar-refractivity contribution in [3.8, 4) is 0 Å². The Morgan fingerprint density at radius 3 is 1.89 bits per heavy atom. The molecule has 3 N–H and O–H groups in total. The number of aliphatic hydroxyl groups is 2. The van der Waals surface area contributed by atoms with E-state index in [4.69, 9.17) is 18.9 Å². The lowest BCUT2D eigenvalue weighted by Crippen LogP contribution is -2.65. The summed E-state index contributed by atoms with van der Waals surface area (Å²) in [6.45, 7) is 0.588. The van der Waals surface area contributed by atoms with Gasteiger partial charge in [0.05, 0.1) is 19.8 Å². The summed E-state index contributed by atoms with van der Waals surface area (Å²) in [4.78, 5) is 12.5. The zero-order valence-electron chi connectivity index (χ0n) is 19.8. The van der Waals surface area contributed by atoms with Crippen LogP contribution in [0.5, 0.6) is 0 Å². The van der Waals surface area contributed by atoms with Gasteiger partial charge in [-0.15, -0.1) is 0 Å². The fourth-order valence-corrected chi connectivity index (χ4v) is 3.96. The van der Waals surface area contributed by atoms with E-state index in [9.17, 15) is 15.0 Å². The van der Waals surface area contributed by atoms with Crippen molar-refractivity contribution in [2.24, 2.45) is 0 Å². The number of hydrogen-bond donors (Lipinski definition) is 3. The maximum atomic E-state index is 12.5. The molecule has 8 nitrogen and oxygen atoms in total. The molecule has 1 aliphatic heterocycles. The van der Waals surface area contributed by atoms with Crippen LogP contribution in [0.2, 0.25) is 0 Å². The van der Waals surface area contributed by atoms with E-state index in [2.05, 4.69) is 5.32 Å². The maximum absolute atomic E-state index is 12.5. The normalized spacial score (nSPS) is 23.7. The highest BCUT2D eigenvalue weighted by Crippen LogP contribution is 2.24. The number of carbonyl (C=O) groups excluding carboxylic acids is 1. The Labute approximate surface area is 210 Å².